The molecule has 1 aromatic heterocycles. The molecule has 0 saturated heterocycles. The fourth-order valence-electron chi connectivity index (χ4n) is 1.63. The van der Waals surface area contributed by atoms with Crippen LogP contribution in [0, 0.1) is 0 Å². The quantitative estimate of drug-likeness (QED) is 0.843. The number of amides is 1. The summed E-state index contributed by atoms with van der Waals surface area (Å²) < 4.78 is 5.13. The topological polar surface area (TPSA) is 71.5 Å². The zero-order valence-corrected chi connectivity index (χ0v) is 10.0. The summed E-state index contributed by atoms with van der Waals surface area (Å²) in [6.45, 7) is 0.148. The predicted molar refractivity (Wildman–Crippen MR) is 67.7 cm³/mol. The van der Waals surface area contributed by atoms with E-state index in [4.69, 9.17) is 9.84 Å². The van der Waals surface area contributed by atoms with Gasteiger partial charge < -0.3 is 15.2 Å². The lowest BCUT2D eigenvalue weighted by Crippen LogP contribution is -2.26. The van der Waals surface area contributed by atoms with E-state index < -0.39 is 0 Å². The van der Waals surface area contributed by atoms with Crippen LogP contribution >= 0.6 is 0 Å². The highest BCUT2D eigenvalue weighted by molar-refractivity contribution is 5.97. The molecule has 1 heterocycles. The SMILES string of the molecule is COc1ccc2ncc(C(=O)NCCO)cc2c1. The van der Waals surface area contributed by atoms with Gasteiger partial charge in [0, 0.05) is 18.1 Å². The molecule has 94 valence electrons. The number of aliphatic hydroxyl groups is 1. The monoisotopic (exact) mass is 246 g/mol. The summed E-state index contributed by atoms with van der Waals surface area (Å²) in [6.07, 6.45) is 1.52. The van der Waals surface area contributed by atoms with Crippen molar-refractivity contribution in [3.8, 4) is 5.75 Å². The van der Waals surface area contributed by atoms with E-state index in [9.17, 15) is 4.79 Å². The number of fused-ring (bicyclic) bond motifs is 1. The second-order valence-corrected chi connectivity index (χ2v) is 3.76. The van der Waals surface area contributed by atoms with Crippen molar-refractivity contribution in [2.75, 3.05) is 20.3 Å². The number of nitrogens with zero attached hydrogens (tertiary/aromatic N) is 1. The Kier molecular flexibility index (Phi) is 3.74. The Balaban J connectivity index is 2.33. The van der Waals surface area contributed by atoms with Gasteiger partial charge in [0.15, 0.2) is 0 Å². The third-order valence-electron chi connectivity index (χ3n) is 2.55. The molecule has 0 bridgehead atoms. The van der Waals surface area contributed by atoms with Crippen molar-refractivity contribution in [3.05, 3.63) is 36.0 Å². The summed E-state index contributed by atoms with van der Waals surface area (Å²) in [5.41, 5.74) is 1.26. The van der Waals surface area contributed by atoms with Crippen LogP contribution in [0.2, 0.25) is 0 Å². The van der Waals surface area contributed by atoms with Gasteiger partial charge in [-0.3, -0.25) is 9.78 Å². The van der Waals surface area contributed by atoms with Crippen LogP contribution in [0.3, 0.4) is 0 Å². The van der Waals surface area contributed by atoms with Crippen molar-refractivity contribution in [3.63, 3.8) is 0 Å². The molecule has 2 aromatic rings. The molecular formula is C13H14N2O3. The smallest absolute Gasteiger partial charge is 0.252 e. The number of aromatic nitrogens is 1. The molecule has 2 N–H and O–H groups in total. The van der Waals surface area contributed by atoms with E-state index in [0.717, 1.165) is 16.7 Å². The number of aliphatic hydroxyl groups excluding tert-OH is 1. The van der Waals surface area contributed by atoms with Crippen LogP contribution in [-0.4, -0.2) is 36.3 Å². The molecule has 1 aromatic carbocycles. The summed E-state index contributed by atoms with van der Waals surface area (Å²) in [7, 11) is 1.59. The Bertz CT molecular complexity index is 569. The summed E-state index contributed by atoms with van der Waals surface area (Å²) in [4.78, 5) is 15.9. The summed E-state index contributed by atoms with van der Waals surface area (Å²) >= 11 is 0. The van der Waals surface area contributed by atoms with E-state index in [2.05, 4.69) is 10.3 Å². The first kappa shape index (κ1) is 12.3. The maximum Gasteiger partial charge on any atom is 0.252 e. The van der Waals surface area contributed by atoms with Crippen molar-refractivity contribution in [1.29, 1.82) is 0 Å². The molecule has 5 nitrogen and oxygen atoms in total. The number of ether oxygens (including phenoxy) is 1. The second kappa shape index (κ2) is 5.46. The third-order valence-corrected chi connectivity index (χ3v) is 2.55. The minimum absolute atomic E-state index is 0.0828. The van der Waals surface area contributed by atoms with Gasteiger partial charge in [-0.2, -0.15) is 0 Å². The zero-order chi connectivity index (χ0) is 13.0. The standard InChI is InChI=1S/C13H14N2O3/c1-18-11-2-3-12-9(7-11)6-10(8-15-12)13(17)14-4-5-16/h2-3,6-8,16H,4-5H2,1H3,(H,14,17). The van der Waals surface area contributed by atoms with Crippen LogP contribution in [0.4, 0.5) is 0 Å². The molecular weight excluding hydrogens is 232 g/mol. The number of benzene rings is 1. The first-order chi connectivity index (χ1) is 8.74. The summed E-state index contributed by atoms with van der Waals surface area (Å²) in [6, 6.07) is 7.23. The first-order valence-corrected chi connectivity index (χ1v) is 5.57. The predicted octanol–water partition coefficient (Wildman–Crippen LogP) is 0.965. The Morgan fingerprint density at radius 3 is 3.00 bits per heavy atom. The van der Waals surface area contributed by atoms with Crippen molar-refractivity contribution >= 4 is 16.8 Å². The van der Waals surface area contributed by atoms with Gasteiger partial charge in [-0.1, -0.05) is 0 Å². The minimum atomic E-state index is -0.249. The number of pyridine rings is 1. The molecule has 5 heteroatoms. The molecule has 18 heavy (non-hydrogen) atoms. The maximum absolute atomic E-state index is 11.7. The van der Waals surface area contributed by atoms with Gasteiger partial charge in [-0.15, -0.1) is 0 Å². The van der Waals surface area contributed by atoms with Gasteiger partial charge in [0.05, 0.1) is 24.8 Å². The van der Waals surface area contributed by atoms with Crippen molar-refractivity contribution in [2.24, 2.45) is 0 Å². The molecule has 0 saturated carbocycles. The molecule has 0 unspecified atom stereocenters. The van der Waals surface area contributed by atoms with Gasteiger partial charge in [0.25, 0.3) is 5.91 Å². The molecule has 0 fully saturated rings. The molecule has 0 aliphatic carbocycles. The minimum Gasteiger partial charge on any atom is -0.497 e. The number of rotatable bonds is 4. The normalized spacial score (nSPS) is 10.3. The number of hydrogen-bond donors (Lipinski definition) is 2. The van der Waals surface area contributed by atoms with Gasteiger partial charge in [0.1, 0.15) is 5.75 Å². The van der Waals surface area contributed by atoms with Crippen LogP contribution < -0.4 is 10.1 Å². The average Bonchev–Trinajstić information content (AvgIpc) is 2.43. The number of nitrogens with one attached hydrogen (secondary N) is 1. The van der Waals surface area contributed by atoms with E-state index in [1.165, 1.54) is 6.20 Å². The van der Waals surface area contributed by atoms with Crippen LogP contribution in [-0.2, 0) is 0 Å². The van der Waals surface area contributed by atoms with Gasteiger partial charge >= 0.3 is 0 Å². The largest absolute Gasteiger partial charge is 0.497 e. The highest BCUT2D eigenvalue weighted by Gasteiger charge is 2.07. The van der Waals surface area contributed by atoms with E-state index >= 15 is 0 Å². The third kappa shape index (κ3) is 2.57. The van der Waals surface area contributed by atoms with Crippen molar-refractivity contribution in [2.45, 2.75) is 0 Å². The van der Waals surface area contributed by atoms with Crippen molar-refractivity contribution < 1.29 is 14.6 Å². The lowest BCUT2D eigenvalue weighted by Gasteiger charge is -2.05. The number of methoxy groups -OCH3 is 1. The molecule has 0 spiro atoms. The lowest BCUT2D eigenvalue weighted by molar-refractivity contribution is 0.0944. The van der Waals surface area contributed by atoms with Crippen LogP contribution in [0.1, 0.15) is 10.4 Å². The fraction of sp³-hybridized carbons (Fsp3) is 0.231. The number of hydrogen-bond acceptors (Lipinski definition) is 4. The van der Waals surface area contributed by atoms with Gasteiger partial charge in [-0.25, -0.2) is 0 Å². The highest BCUT2D eigenvalue weighted by atomic mass is 16.5. The molecule has 0 atom stereocenters. The molecule has 0 aliphatic rings. The fourth-order valence-corrected chi connectivity index (χ4v) is 1.63. The Labute approximate surface area is 104 Å². The lowest BCUT2D eigenvalue weighted by atomic mass is 10.1. The van der Waals surface area contributed by atoms with Crippen LogP contribution in [0.5, 0.6) is 5.75 Å². The second-order valence-electron chi connectivity index (χ2n) is 3.76. The van der Waals surface area contributed by atoms with E-state index in [-0.39, 0.29) is 19.1 Å². The molecule has 1 amide bonds. The summed E-state index contributed by atoms with van der Waals surface area (Å²) in [5, 5.41) is 12.1. The van der Waals surface area contributed by atoms with Crippen molar-refractivity contribution in [1.82, 2.24) is 10.3 Å². The summed E-state index contributed by atoms with van der Waals surface area (Å²) in [5.74, 6) is 0.471. The molecule has 2 rings (SSSR count). The van der Waals surface area contributed by atoms with Crippen LogP contribution in [0.15, 0.2) is 30.5 Å². The van der Waals surface area contributed by atoms with Crippen LogP contribution in [0.25, 0.3) is 10.9 Å². The van der Waals surface area contributed by atoms with Gasteiger partial charge in [0.2, 0.25) is 0 Å². The Morgan fingerprint density at radius 1 is 1.44 bits per heavy atom. The average molecular weight is 246 g/mol. The highest BCUT2D eigenvalue weighted by Crippen LogP contribution is 2.19. The maximum atomic E-state index is 11.7. The molecule has 0 aliphatic heterocycles. The Morgan fingerprint density at radius 2 is 2.28 bits per heavy atom. The zero-order valence-electron chi connectivity index (χ0n) is 10.0. The van der Waals surface area contributed by atoms with E-state index in [1.54, 1.807) is 13.2 Å². The van der Waals surface area contributed by atoms with Gasteiger partial charge in [-0.05, 0) is 24.3 Å². The number of carbonyl (C=O) groups excluding carboxylic acids is 1. The van der Waals surface area contributed by atoms with E-state index in [0.29, 0.717) is 5.56 Å². The first-order valence-electron chi connectivity index (χ1n) is 5.57. The Hall–Kier alpha value is -2.14. The molecule has 0 radical (unpaired) electrons. The van der Waals surface area contributed by atoms with E-state index in [1.807, 2.05) is 18.2 Å². The number of carbonyl (C=O) groups is 1.